The van der Waals surface area contributed by atoms with Gasteiger partial charge in [0.1, 0.15) is 5.75 Å². The maximum atomic E-state index is 12.4. The second-order valence-corrected chi connectivity index (χ2v) is 7.19. The summed E-state index contributed by atoms with van der Waals surface area (Å²) in [6.07, 6.45) is -0.634. The van der Waals surface area contributed by atoms with Gasteiger partial charge in [0.2, 0.25) is 0 Å². The molecule has 30 heavy (non-hydrogen) atoms. The maximum absolute atomic E-state index is 12.4. The van der Waals surface area contributed by atoms with Crippen LogP contribution in [0.5, 0.6) is 5.75 Å². The normalized spacial score (nSPS) is 12.0. The molecule has 1 atom stereocenters. The topological polar surface area (TPSA) is 81.4 Å². The van der Waals surface area contributed by atoms with Gasteiger partial charge in [-0.25, -0.2) is 0 Å². The first-order chi connectivity index (χ1) is 14.5. The summed E-state index contributed by atoms with van der Waals surface area (Å²) in [5.41, 5.74) is 4.91. The summed E-state index contributed by atoms with van der Waals surface area (Å²) in [4.78, 5) is 12.4. The Kier molecular flexibility index (Phi) is 5.43. The zero-order valence-corrected chi connectivity index (χ0v) is 17.2. The van der Waals surface area contributed by atoms with Crippen LogP contribution < -0.4 is 10.1 Å². The van der Waals surface area contributed by atoms with Crippen molar-refractivity contribution in [1.82, 2.24) is 25.1 Å². The van der Waals surface area contributed by atoms with E-state index in [1.165, 1.54) is 11.1 Å². The standard InChI is InChI=1S/C23H23N5O2/c1-15-9-10-18(13-16(15)2)20-11-12-21-25-26-22(28(21)27-20)14-24-23(29)17(3)30-19-7-5-4-6-8-19/h4-13,17H,14H2,1-3H3,(H,24,29)/t17-/m0/s1. The largest absolute Gasteiger partial charge is 0.481 e. The van der Waals surface area contributed by atoms with Crippen molar-refractivity contribution in [3.8, 4) is 17.0 Å². The molecule has 2 aromatic carbocycles. The summed E-state index contributed by atoms with van der Waals surface area (Å²) in [5.74, 6) is 0.963. The lowest BCUT2D eigenvalue weighted by atomic mass is 10.0. The van der Waals surface area contributed by atoms with E-state index in [2.05, 4.69) is 46.6 Å². The minimum Gasteiger partial charge on any atom is -0.481 e. The Hall–Kier alpha value is -3.74. The van der Waals surface area contributed by atoms with Crippen LogP contribution in [0.1, 0.15) is 23.9 Å². The smallest absolute Gasteiger partial charge is 0.261 e. The van der Waals surface area contributed by atoms with Crippen LogP contribution in [0.2, 0.25) is 0 Å². The van der Waals surface area contributed by atoms with E-state index in [-0.39, 0.29) is 12.5 Å². The molecule has 7 nitrogen and oxygen atoms in total. The Balaban J connectivity index is 1.49. The SMILES string of the molecule is Cc1ccc(-c2ccc3nnc(CNC(=O)[C@H](C)Oc4ccccc4)n3n2)cc1C. The second kappa shape index (κ2) is 8.32. The lowest BCUT2D eigenvalue weighted by Gasteiger charge is -2.14. The highest BCUT2D eigenvalue weighted by atomic mass is 16.5. The van der Waals surface area contributed by atoms with Crippen molar-refractivity contribution in [2.75, 3.05) is 0 Å². The Morgan fingerprint density at radius 3 is 2.60 bits per heavy atom. The first kappa shape index (κ1) is 19.6. The second-order valence-electron chi connectivity index (χ2n) is 7.19. The average Bonchev–Trinajstić information content (AvgIpc) is 3.17. The van der Waals surface area contributed by atoms with Crippen molar-refractivity contribution in [2.45, 2.75) is 33.4 Å². The van der Waals surface area contributed by atoms with E-state index in [1.807, 2.05) is 48.5 Å². The molecule has 1 N–H and O–H groups in total. The fourth-order valence-electron chi connectivity index (χ4n) is 3.06. The molecule has 0 saturated carbocycles. The highest BCUT2D eigenvalue weighted by molar-refractivity contribution is 5.80. The number of benzene rings is 2. The summed E-state index contributed by atoms with van der Waals surface area (Å²) in [6, 6.07) is 19.3. The minimum absolute atomic E-state index is 0.200. The van der Waals surface area contributed by atoms with Crippen LogP contribution in [-0.4, -0.2) is 31.8 Å². The molecule has 0 spiro atoms. The van der Waals surface area contributed by atoms with Crippen LogP contribution in [0.15, 0.2) is 60.7 Å². The molecule has 1 amide bonds. The molecule has 0 aliphatic carbocycles. The van der Waals surface area contributed by atoms with Gasteiger partial charge in [-0.15, -0.1) is 10.2 Å². The third kappa shape index (κ3) is 4.15. The van der Waals surface area contributed by atoms with Crippen molar-refractivity contribution >= 4 is 11.6 Å². The number of carbonyl (C=O) groups is 1. The Morgan fingerprint density at radius 1 is 1.03 bits per heavy atom. The zero-order chi connectivity index (χ0) is 21.1. The van der Waals surface area contributed by atoms with E-state index < -0.39 is 6.10 Å². The van der Waals surface area contributed by atoms with Crippen LogP contribution >= 0.6 is 0 Å². The molecule has 152 valence electrons. The van der Waals surface area contributed by atoms with Gasteiger partial charge in [-0.05, 0) is 62.2 Å². The quantitative estimate of drug-likeness (QED) is 0.535. The molecule has 4 rings (SSSR count). The molecule has 2 aromatic heterocycles. The van der Waals surface area contributed by atoms with Gasteiger partial charge in [0.15, 0.2) is 17.6 Å². The van der Waals surface area contributed by atoms with Gasteiger partial charge >= 0.3 is 0 Å². The van der Waals surface area contributed by atoms with E-state index in [1.54, 1.807) is 11.4 Å². The number of aromatic nitrogens is 4. The number of nitrogens with zero attached hydrogens (tertiary/aromatic N) is 4. The first-order valence-corrected chi connectivity index (χ1v) is 9.79. The molecule has 0 fully saturated rings. The van der Waals surface area contributed by atoms with Crippen LogP contribution in [0.25, 0.3) is 16.9 Å². The third-order valence-electron chi connectivity index (χ3n) is 4.98. The molecule has 0 aliphatic rings. The summed E-state index contributed by atoms with van der Waals surface area (Å²) < 4.78 is 7.32. The molecule has 0 aliphatic heterocycles. The summed E-state index contributed by atoms with van der Waals surface area (Å²) in [7, 11) is 0. The molecule has 0 saturated heterocycles. The lowest BCUT2D eigenvalue weighted by molar-refractivity contribution is -0.127. The van der Waals surface area contributed by atoms with Gasteiger partial charge in [-0.3, -0.25) is 4.79 Å². The lowest BCUT2D eigenvalue weighted by Crippen LogP contribution is -2.36. The maximum Gasteiger partial charge on any atom is 0.261 e. The summed E-state index contributed by atoms with van der Waals surface area (Å²) >= 11 is 0. The molecular weight excluding hydrogens is 378 g/mol. The molecule has 7 heteroatoms. The number of ether oxygens (including phenoxy) is 1. The van der Waals surface area contributed by atoms with E-state index in [0.717, 1.165) is 11.3 Å². The van der Waals surface area contributed by atoms with E-state index in [0.29, 0.717) is 17.2 Å². The van der Waals surface area contributed by atoms with Gasteiger partial charge in [-0.1, -0.05) is 30.3 Å². The van der Waals surface area contributed by atoms with Gasteiger partial charge < -0.3 is 10.1 Å². The fourth-order valence-corrected chi connectivity index (χ4v) is 3.06. The Morgan fingerprint density at radius 2 is 1.83 bits per heavy atom. The van der Waals surface area contributed by atoms with E-state index in [9.17, 15) is 4.79 Å². The average molecular weight is 401 g/mol. The molecule has 0 unspecified atom stereocenters. The van der Waals surface area contributed by atoms with E-state index in [4.69, 9.17) is 4.74 Å². The van der Waals surface area contributed by atoms with Gasteiger partial charge in [-0.2, -0.15) is 9.61 Å². The van der Waals surface area contributed by atoms with Crippen molar-refractivity contribution in [1.29, 1.82) is 0 Å². The number of carbonyl (C=O) groups excluding carboxylic acids is 1. The predicted octanol–water partition coefficient (Wildman–Crippen LogP) is 3.49. The summed E-state index contributed by atoms with van der Waals surface area (Å²) in [6.45, 7) is 6.07. The van der Waals surface area contributed by atoms with Crippen molar-refractivity contribution in [2.24, 2.45) is 0 Å². The number of amides is 1. The molecule has 4 aromatic rings. The number of para-hydroxylation sites is 1. The number of hydrogen-bond donors (Lipinski definition) is 1. The van der Waals surface area contributed by atoms with Gasteiger partial charge in [0.25, 0.3) is 5.91 Å². The van der Waals surface area contributed by atoms with Crippen molar-refractivity contribution < 1.29 is 9.53 Å². The monoisotopic (exact) mass is 401 g/mol. The number of rotatable bonds is 6. The Bertz CT molecular complexity index is 1190. The van der Waals surface area contributed by atoms with E-state index >= 15 is 0 Å². The molecule has 0 bridgehead atoms. The molecular formula is C23H23N5O2. The molecule has 2 heterocycles. The number of aryl methyl sites for hydroxylation is 2. The van der Waals surface area contributed by atoms with Gasteiger partial charge in [0.05, 0.1) is 12.2 Å². The highest BCUT2D eigenvalue weighted by Gasteiger charge is 2.16. The molecule has 0 radical (unpaired) electrons. The number of hydrogen-bond acceptors (Lipinski definition) is 5. The van der Waals surface area contributed by atoms with Crippen LogP contribution in [0, 0.1) is 13.8 Å². The van der Waals surface area contributed by atoms with Crippen LogP contribution in [0.3, 0.4) is 0 Å². The zero-order valence-electron chi connectivity index (χ0n) is 17.2. The van der Waals surface area contributed by atoms with Crippen molar-refractivity contribution in [3.63, 3.8) is 0 Å². The van der Waals surface area contributed by atoms with Crippen LogP contribution in [-0.2, 0) is 11.3 Å². The van der Waals surface area contributed by atoms with Crippen LogP contribution in [0.4, 0.5) is 0 Å². The highest BCUT2D eigenvalue weighted by Crippen LogP contribution is 2.20. The predicted molar refractivity (Wildman–Crippen MR) is 114 cm³/mol. The number of fused-ring (bicyclic) bond motifs is 1. The first-order valence-electron chi connectivity index (χ1n) is 9.79. The minimum atomic E-state index is -0.634. The third-order valence-corrected chi connectivity index (χ3v) is 4.98. The summed E-state index contributed by atoms with van der Waals surface area (Å²) in [5, 5.41) is 15.8. The van der Waals surface area contributed by atoms with Crippen molar-refractivity contribution in [3.05, 3.63) is 77.6 Å². The Labute approximate surface area is 174 Å². The number of nitrogens with one attached hydrogen (secondary N) is 1. The van der Waals surface area contributed by atoms with Gasteiger partial charge in [0, 0.05) is 5.56 Å². The fraction of sp³-hybridized carbons (Fsp3) is 0.217.